The molecule has 1 aromatic heterocycles. The van der Waals surface area contributed by atoms with Crippen LogP contribution in [-0.2, 0) is 24.1 Å². The summed E-state index contributed by atoms with van der Waals surface area (Å²) in [5.41, 5.74) is -1.23. The number of halogens is 1. The Morgan fingerprint density at radius 1 is 1.24 bits per heavy atom. The van der Waals surface area contributed by atoms with E-state index in [9.17, 15) is 22.4 Å². The fraction of sp³-hybridized carbons (Fsp3) is 0.333. The number of hydrogen-bond donors (Lipinski definition) is 1. The fourth-order valence-corrected chi connectivity index (χ4v) is 3.67. The maximum atomic E-state index is 13.8. The van der Waals surface area contributed by atoms with Crippen molar-refractivity contribution in [3.05, 3.63) is 56.6 Å². The number of aromatic nitrogens is 2. The maximum Gasteiger partial charge on any atom is 0.330 e. The SMILES string of the molecule is COc1ccc([C@H](C)NS(=O)(=O)c2cn(C)c(=O)n(C)c2=O)cc1F. The molecule has 2 rings (SSSR count). The van der Waals surface area contributed by atoms with Crippen molar-refractivity contribution in [3.63, 3.8) is 0 Å². The lowest BCUT2D eigenvalue weighted by Gasteiger charge is -2.16. The monoisotopic (exact) mass is 371 g/mol. The summed E-state index contributed by atoms with van der Waals surface area (Å²) in [5, 5.41) is 0. The quantitative estimate of drug-likeness (QED) is 0.813. The number of sulfonamides is 1. The molecule has 0 saturated heterocycles. The number of nitrogens with zero attached hydrogens (tertiary/aromatic N) is 2. The highest BCUT2D eigenvalue weighted by Crippen LogP contribution is 2.22. The van der Waals surface area contributed by atoms with Crippen molar-refractivity contribution in [1.82, 2.24) is 13.9 Å². The number of hydrogen-bond acceptors (Lipinski definition) is 5. The first-order chi connectivity index (χ1) is 11.6. The van der Waals surface area contributed by atoms with Gasteiger partial charge in [-0.2, -0.15) is 0 Å². The van der Waals surface area contributed by atoms with Gasteiger partial charge in [0.15, 0.2) is 16.5 Å². The molecule has 0 aliphatic heterocycles. The van der Waals surface area contributed by atoms with E-state index in [1.54, 1.807) is 0 Å². The normalized spacial score (nSPS) is 12.8. The molecule has 0 radical (unpaired) electrons. The smallest absolute Gasteiger partial charge is 0.330 e. The van der Waals surface area contributed by atoms with E-state index in [0.717, 1.165) is 16.8 Å². The van der Waals surface area contributed by atoms with Crippen LogP contribution in [0.5, 0.6) is 5.75 Å². The average molecular weight is 371 g/mol. The summed E-state index contributed by atoms with van der Waals surface area (Å²) in [7, 11) is -0.383. The molecule has 1 atom stereocenters. The second-order valence-electron chi connectivity index (χ2n) is 5.49. The number of rotatable bonds is 5. The molecular formula is C15H18FN3O5S. The van der Waals surface area contributed by atoms with Gasteiger partial charge in [0.05, 0.1) is 7.11 Å². The van der Waals surface area contributed by atoms with Crippen LogP contribution in [0.4, 0.5) is 4.39 Å². The van der Waals surface area contributed by atoms with Gasteiger partial charge in [0, 0.05) is 26.3 Å². The van der Waals surface area contributed by atoms with Gasteiger partial charge in [-0.05, 0) is 24.6 Å². The van der Waals surface area contributed by atoms with Crippen LogP contribution in [0.25, 0.3) is 0 Å². The minimum atomic E-state index is -4.23. The largest absolute Gasteiger partial charge is 0.494 e. The molecule has 8 nitrogen and oxygen atoms in total. The lowest BCUT2D eigenvalue weighted by atomic mass is 10.1. The van der Waals surface area contributed by atoms with Gasteiger partial charge in [0.1, 0.15) is 0 Å². The number of nitrogens with one attached hydrogen (secondary N) is 1. The zero-order valence-corrected chi connectivity index (χ0v) is 14.9. The average Bonchev–Trinajstić information content (AvgIpc) is 2.55. The Morgan fingerprint density at radius 3 is 2.44 bits per heavy atom. The van der Waals surface area contributed by atoms with Crippen LogP contribution < -0.4 is 20.7 Å². The van der Waals surface area contributed by atoms with Crippen molar-refractivity contribution in [2.75, 3.05) is 7.11 Å². The van der Waals surface area contributed by atoms with Gasteiger partial charge >= 0.3 is 5.69 Å². The highest BCUT2D eigenvalue weighted by molar-refractivity contribution is 7.89. The third-order valence-electron chi connectivity index (χ3n) is 3.71. The Kier molecular flexibility index (Phi) is 5.14. The molecule has 0 unspecified atom stereocenters. The van der Waals surface area contributed by atoms with Crippen LogP contribution in [-0.4, -0.2) is 24.7 Å². The summed E-state index contributed by atoms with van der Waals surface area (Å²) in [5.74, 6) is -0.602. The van der Waals surface area contributed by atoms with E-state index in [1.807, 2.05) is 0 Å². The third-order valence-corrected chi connectivity index (χ3v) is 5.24. The van der Waals surface area contributed by atoms with Gasteiger partial charge < -0.3 is 9.30 Å². The summed E-state index contributed by atoms with van der Waals surface area (Å²) in [6.07, 6.45) is 0.953. The van der Waals surface area contributed by atoms with Crippen molar-refractivity contribution in [1.29, 1.82) is 0 Å². The van der Waals surface area contributed by atoms with Gasteiger partial charge in [-0.15, -0.1) is 0 Å². The molecule has 1 N–H and O–H groups in total. The molecule has 0 spiro atoms. The molecule has 0 bridgehead atoms. The molecule has 0 aliphatic carbocycles. The number of methoxy groups -OCH3 is 1. The van der Waals surface area contributed by atoms with Crippen LogP contribution in [0.15, 0.2) is 38.9 Å². The molecule has 1 aromatic carbocycles. The lowest BCUT2D eigenvalue weighted by molar-refractivity contribution is 0.386. The molecular weight excluding hydrogens is 353 g/mol. The van der Waals surface area contributed by atoms with Crippen molar-refractivity contribution in [2.45, 2.75) is 17.9 Å². The van der Waals surface area contributed by atoms with E-state index in [-0.39, 0.29) is 5.75 Å². The highest BCUT2D eigenvalue weighted by atomic mass is 32.2. The van der Waals surface area contributed by atoms with E-state index < -0.39 is 38.0 Å². The van der Waals surface area contributed by atoms with E-state index in [1.165, 1.54) is 40.3 Å². The molecule has 136 valence electrons. The van der Waals surface area contributed by atoms with E-state index in [0.29, 0.717) is 10.1 Å². The molecule has 0 amide bonds. The second-order valence-corrected chi connectivity index (χ2v) is 7.17. The van der Waals surface area contributed by atoms with E-state index in [2.05, 4.69) is 4.72 Å². The maximum absolute atomic E-state index is 13.8. The summed E-state index contributed by atoms with van der Waals surface area (Å²) in [6.45, 7) is 1.51. The van der Waals surface area contributed by atoms with Crippen LogP contribution in [0.1, 0.15) is 18.5 Å². The van der Waals surface area contributed by atoms with Crippen molar-refractivity contribution < 1.29 is 17.5 Å². The van der Waals surface area contributed by atoms with Gasteiger partial charge in [0.2, 0.25) is 10.0 Å². The molecule has 25 heavy (non-hydrogen) atoms. The van der Waals surface area contributed by atoms with Gasteiger partial charge in [0.25, 0.3) is 5.56 Å². The summed E-state index contributed by atoms with van der Waals surface area (Å²) in [6, 6.07) is 3.21. The first-order valence-electron chi connectivity index (χ1n) is 7.21. The number of benzene rings is 1. The number of aryl methyl sites for hydroxylation is 1. The zero-order chi connectivity index (χ0) is 18.9. The van der Waals surface area contributed by atoms with Gasteiger partial charge in [-0.3, -0.25) is 9.36 Å². The third kappa shape index (κ3) is 3.64. The topological polar surface area (TPSA) is 99.4 Å². The van der Waals surface area contributed by atoms with E-state index >= 15 is 0 Å². The first kappa shape index (κ1) is 18.9. The fourth-order valence-electron chi connectivity index (χ4n) is 2.28. The Morgan fingerprint density at radius 2 is 1.88 bits per heavy atom. The van der Waals surface area contributed by atoms with Gasteiger partial charge in [-0.25, -0.2) is 22.3 Å². The lowest BCUT2D eigenvalue weighted by Crippen LogP contribution is -2.41. The summed E-state index contributed by atoms with van der Waals surface area (Å²) in [4.78, 5) is 23.2. The van der Waals surface area contributed by atoms with Gasteiger partial charge in [-0.1, -0.05) is 6.07 Å². The van der Waals surface area contributed by atoms with Crippen LogP contribution in [0.3, 0.4) is 0 Å². The van der Waals surface area contributed by atoms with Crippen molar-refractivity contribution >= 4 is 10.0 Å². The Balaban J connectivity index is 2.41. The minimum absolute atomic E-state index is 0.0331. The predicted octanol–water partition coefficient (Wildman–Crippen LogP) is 0.271. The van der Waals surface area contributed by atoms with Crippen molar-refractivity contribution in [3.8, 4) is 5.75 Å². The Bertz CT molecular complexity index is 1030. The molecule has 0 saturated carbocycles. The molecule has 0 fully saturated rings. The Labute approximate surface area is 143 Å². The highest BCUT2D eigenvalue weighted by Gasteiger charge is 2.24. The minimum Gasteiger partial charge on any atom is -0.494 e. The summed E-state index contributed by atoms with van der Waals surface area (Å²) >= 11 is 0. The summed E-state index contributed by atoms with van der Waals surface area (Å²) < 4.78 is 47.6. The van der Waals surface area contributed by atoms with Crippen LogP contribution in [0.2, 0.25) is 0 Å². The molecule has 1 heterocycles. The van der Waals surface area contributed by atoms with E-state index in [4.69, 9.17) is 4.74 Å². The zero-order valence-electron chi connectivity index (χ0n) is 14.1. The molecule has 2 aromatic rings. The Hall–Kier alpha value is -2.46. The number of ether oxygens (including phenoxy) is 1. The molecule has 10 heteroatoms. The first-order valence-corrected chi connectivity index (χ1v) is 8.69. The van der Waals surface area contributed by atoms with Crippen LogP contribution >= 0.6 is 0 Å². The van der Waals surface area contributed by atoms with Crippen molar-refractivity contribution in [2.24, 2.45) is 14.1 Å². The van der Waals surface area contributed by atoms with Crippen LogP contribution in [0, 0.1) is 5.82 Å². The molecule has 0 aliphatic rings. The predicted molar refractivity (Wildman–Crippen MR) is 88.6 cm³/mol. The standard InChI is InChI=1S/C15H18FN3O5S/c1-9(10-5-6-12(24-4)11(16)7-10)17-25(22,23)13-8-18(2)15(21)19(3)14(13)20/h5-9,17H,1-4H3/t9-/m0/s1. The second kappa shape index (κ2) is 6.81.